The number of hydrogen-bond acceptors (Lipinski definition) is 5. The third-order valence-corrected chi connectivity index (χ3v) is 3.19. The van der Waals surface area contributed by atoms with Crippen LogP contribution in [-0.2, 0) is 0 Å². The molecule has 0 aliphatic rings. The lowest BCUT2D eigenvalue weighted by Crippen LogP contribution is -2.37. The van der Waals surface area contributed by atoms with Crippen molar-refractivity contribution in [3.8, 4) is 5.69 Å². The second-order valence-electron chi connectivity index (χ2n) is 4.82. The molecule has 0 saturated heterocycles. The fourth-order valence-corrected chi connectivity index (χ4v) is 1.78. The van der Waals surface area contributed by atoms with Gasteiger partial charge in [0.25, 0.3) is 11.6 Å². The van der Waals surface area contributed by atoms with Crippen LogP contribution in [-0.4, -0.2) is 40.2 Å². The van der Waals surface area contributed by atoms with Crippen LogP contribution >= 0.6 is 12.4 Å². The van der Waals surface area contributed by atoms with Gasteiger partial charge in [-0.1, -0.05) is 6.07 Å². The van der Waals surface area contributed by atoms with E-state index in [0.29, 0.717) is 12.2 Å². The third-order valence-electron chi connectivity index (χ3n) is 3.19. The lowest BCUT2D eigenvalue weighted by molar-refractivity contribution is -0.384. The molecule has 0 bridgehead atoms. The minimum absolute atomic E-state index is 0. The Balaban J connectivity index is 0.00000264. The summed E-state index contributed by atoms with van der Waals surface area (Å²) >= 11 is 0. The highest BCUT2D eigenvalue weighted by Gasteiger charge is 2.12. The maximum atomic E-state index is 12.0. The number of nitro benzene ring substituents is 1. The van der Waals surface area contributed by atoms with E-state index < -0.39 is 4.92 Å². The number of non-ortho nitro benzene ring substituents is 1. The second kappa shape index (κ2) is 8.25. The number of hydrogen-bond donors (Lipinski definition) is 2. The summed E-state index contributed by atoms with van der Waals surface area (Å²) < 4.78 is 1.43. The molecule has 1 aromatic carbocycles. The highest BCUT2D eigenvalue weighted by atomic mass is 35.5. The molecule has 1 heterocycles. The van der Waals surface area contributed by atoms with Crippen molar-refractivity contribution >= 4 is 24.0 Å². The molecule has 0 spiro atoms. The minimum atomic E-state index is -0.472. The number of carbonyl (C=O) groups is 1. The van der Waals surface area contributed by atoms with E-state index in [9.17, 15) is 14.9 Å². The Morgan fingerprint density at radius 3 is 2.83 bits per heavy atom. The normalized spacial score (nSPS) is 11.4. The van der Waals surface area contributed by atoms with Gasteiger partial charge in [0.15, 0.2) is 5.69 Å². The van der Waals surface area contributed by atoms with Gasteiger partial charge in [0.1, 0.15) is 0 Å². The van der Waals surface area contributed by atoms with Crippen molar-refractivity contribution in [2.45, 2.75) is 13.0 Å². The van der Waals surface area contributed by atoms with E-state index in [1.54, 1.807) is 24.4 Å². The molecule has 0 aliphatic carbocycles. The number of aromatic nitrogens is 2. The first kappa shape index (κ1) is 18.6. The summed E-state index contributed by atoms with van der Waals surface area (Å²) in [6.45, 7) is 2.43. The fourth-order valence-electron chi connectivity index (χ4n) is 1.78. The zero-order valence-corrected chi connectivity index (χ0v) is 13.5. The first-order valence-corrected chi connectivity index (χ1v) is 6.77. The van der Waals surface area contributed by atoms with Crippen molar-refractivity contribution in [1.82, 2.24) is 20.4 Å². The highest BCUT2D eigenvalue weighted by Crippen LogP contribution is 2.16. The number of benzene rings is 1. The van der Waals surface area contributed by atoms with E-state index in [1.165, 1.54) is 16.8 Å². The highest BCUT2D eigenvalue weighted by molar-refractivity contribution is 5.92. The van der Waals surface area contributed by atoms with Crippen LogP contribution in [0.5, 0.6) is 0 Å². The molecule has 8 nitrogen and oxygen atoms in total. The fraction of sp³-hybridized carbons (Fsp3) is 0.286. The molecule has 9 heteroatoms. The number of rotatable bonds is 6. The van der Waals surface area contributed by atoms with E-state index in [1.807, 2.05) is 14.0 Å². The van der Waals surface area contributed by atoms with Crippen LogP contribution in [0.4, 0.5) is 5.69 Å². The topological polar surface area (TPSA) is 102 Å². The largest absolute Gasteiger partial charge is 0.349 e. The van der Waals surface area contributed by atoms with Crippen molar-refractivity contribution in [3.05, 3.63) is 52.3 Å². The van der Waals surface area contributed by atoms with Gasteiger partial charge in [-0.25, -0.2) is 4.68 Å². The van der Waals surface area contributed by atoms with E-state index in [0.717, 1.165) is 0 Å². The van der Waals surface area contributed by atoms with Gasteiger partial charge in [-0.2, -0.15) is 5.10 Å². The molecule has 23 heavy (non-hydrogen) atoms. The maximum absolute atomic E-state index is 12.0. The number of likely N-dealkylation sites (N-methyl/N-ethyl adjacent to an activating group) is 1. The Hall–Kier alpha value is -2.45. The molecule has 2 N–H and O–H groups in total. The van der Waals surface area contributed by atoms with E-state index in [4.69, 9.17) is 0 Å². The predicted molar refractivity (Wildman–Crippen MR) is 88.3 cm³/mol. The molecule has 0 fully saturated rings. The van der Waals surface area contributed by atoms with Gasteiger partial charge in [0.05, 0.1) is 10.6 Å². The molecule has 1 amide bonds. The summed E-state index contributed by atoms with van der Waals surface area (Å²) in [5, 5.41) is 20.7. The van der Waals surface area contributed by atoms with Crippen molar-refractivity contribution in [2.75, 3.05) is 13.6 Å². The van der Waals surface area contributed by atoms with Gasteiger partial charge >= 0.3 is 0 Å². The van der Waals surface area contributed by atoms with Crippen LogP contribution in [0.15, 0.2) is 36.5 Å². The average molecular weight is 340 g/mol. The Kier molecular flexibility index (Phi) is 6.67. The number of carbonyl (C=O) groups excluding carboxylic acids is 1. The van der Waals surface area contributed by atoms with Gasteiger partial charge in [-0.3, -0.25) is 14.9 Å². The SMILES string of the molecule is CNC(C)CNC(=O)c1ccn(-c2cccc([N+](=O)[O-])c2)n1.Cl. The molecule has 1 atom stereocenters. The first-order chi connectivity index (χ1) is 10.5. The van der Waals surface area contributed by atoms with Gasteiger partial charge in [-0.05, 0) is 26.1 Å². The van der Waals surface area contributed by atoms with Crippen molar-refractivity contribution < 1.29 is 9.72 Å². The second-order valence-corrected chi connectivity index (χ2v) is 4.82. The van der Waals surface area contributed by atoms with Gasteiger partial charge in [-0.15, -0.1) is 12.4 Å². The van der Waals surface area contributed by atoms with Gasteiger partial charge < -0.3 is 10.6 Å². The van der Waals surface area contributed by atoms with Crippen LogP contribution in [0, 0.1) is 10.1 Å². The molecule has 0 aliphatic heterocycles. The number of halogens is 1. The standard InChI is InChI=1S/C14H17N5O3.ClH/c1-10(15-2)9-16-14(20)13-6-7-18(17-13)11-4-3-5-12(8-11)19(21)22;/h3-8,10,15H,9H2,1-2H3,(H,16,20);1H. The summed E-state index contributed by atoms with van der Waals surface area (Å²) in [5.74, 6) is -0.286. The number of amides is 1. The van der Waals surface area contributed by atoms with E-state index >= 15 is 0 Å². The quantitative estimate of drug-likeness (QED) is 0.614. The first-order valence-electron chi connectivity index (χ1n) is 6.77. The van der Waals surface area contributed by atoms with Crippen LogP contribution in [0.25, 0.3) is 5.69 Å². The van der Waals surface area contributed by atoms with Crippen LogP contribution in [0.2, 0.25) is 0 Å². The maximum Gasteiger partial charge on any atom is 0.271 e. The van der Waals surface area contributed by atoms with Crippen LogP contribution in [0.3, 0.4) is 0 Å². The minimum Gasteiger partial charge on any atom is -0.349 e. The molecule has 1 unspecified atom stereocenters. The lowest BCUT2D eigenvalue weighted by Gasteiger charge is -2.10. The summed E-state index contributed by atoms with van der Waals surface area (Å²) in [4.78, 5) is 22.3. The van der Waals surface area contributed by atoms with Crippen molar-refractivity contribution in [2.24, 2.45) is 0 Å². The van der Waals surface area contributed by atoms with E-state index in [2.05, 4.69) is 15.7 Å². The summed E-state index contributed by atoms with van der Waals surface area (Å²) in [7, 11) is 1.81. The zero-order valence-electron chi connectivity index (χ0n) is 12.7. The predicted octanol–water partition coefficient (Wildman–Crippen LogP) is 1.54. The van der Waals surface area contributed by atoms with Crippen molar-refractivity contribution in [1.29, 1.82) is 0 Å². The molecule has 0 radical (unpaired) electrons. The molecular formula is C14H18ClN5O3. The summed E-state index contributed by atoms with van der Waals surface area (Å²) in [5.41, 5.74) is 0.758. The third kappa shape index (κ3) is 4.76. The number of nitro groups is 1. The Bertz CT molecular complexity index is 689. The van der Waals surface area contributed by atoms with Crippen LogP contribution in [0.1, 0.15) is 17.4 Å². The zero-order chi connectivity index (χ0) is 16.1. The lowest BCUT2D eigenvalue weighted by atomic mass is 10.3. The number of nitrogens with one attached hydrogen (secondary N) is 2. The molecular weight excluding hydrogens is 322 g/mol. The molecule has 1 aromatic heterocycles. The molecule has 2 rings (SSSR count). The Morgan fingerprint density at radius 1 is 1.43 bits per heavy atom. The molecule has 124 valence electrons. The summed E-state index contributed by atoms with van der Waals surface area (Å²) in [6, 6.07) is 7.78. The average Bonchev–Trinajstić information content (AvgIpc) is 3.02. The van der Waals surface area contributed by atoms with Gasteiger partial charge in [0, 0.05) is 30.9 Å². The van der Waals surface area contributed by atoms with Gasteiger partial charge in [0.2, 0.25) is 0 Å². The molecule has 2 aromatic rings. The van der Waals surface area contributed by atoms with Crippen LogP contribution < -0.4 is 10.6 Å². The van der Waals surface area contributed by atoms with Crippen molar-refractivity contribution in [3.63, 3.8) is 0 Å². The number of nitrogens with zero attached hydrogens (tertiary/aromatic N) is 3. The smallest absolute Gasteiger partial charge is 0.271 e. The summed E-state index contributed by atoms with van der Waals surface area (Å²) in [6.07, 6.45) is 1.59. The monoisotopic (exact) mass is 339 g/mol. The molecule has 0 saturated carbocycles. The Labute approximate surface area is 139 Å². The Morgan fingerprint density at radius 2 is 2.17 bits per heavy atom. The van der Waals surface area contributed by atoms with E-state index in [-0.39, 0.29) is 35.7 Å².